The van der Waals surface area contributed by atoms with E-state index in [2.05, 4.69) is 187 Å². The second kappa shape index (κ2) is 11.4. The topological polar surface area (TPSA) is 6.48 Å². The Morgan fingerprint density at radius 2 is 1.11 bits per heavy atom. The van der Waals surface area contributed by atoms with Crippen LogP contribution in [0.5, 0.6) is 0 Å². The highest BCUT2D eigenvalue weighted by atomic mass is 32.2. The molecule has 0 fully saturated rings. The second-order valence-corrected chi connectivity index (χ2v) is 13.4. The van der Waals surface area contributed by atoms with E-state index in [1.165, 1.54) is 59.6 Å². The van der Waals surface area contributed by atoms with Crippen molar-refractivity contribution in [3.8, 4) is 11.1 Å². The molecular formula is C44H32N2S. The average molecular weight is 621 g/mol. The van der Waals surface area contributed by atoms with Crippen LogP contribution in [0.15, 0.2) is 175 Å². The van der Waals surface area contributed by atoms with Gasteiger partial charge in [-0.15, -0.1) is 0 Å². The third-order valence-corrected chi connectivity index (χ3v) is 10.8. The van der Waals surface area contributed by atoms with Crippen molar-refractivity contribution in [1.29, 1.82) is 0 Å². The number of hydrogen-bond donors (Lipinski definition) is 0. The monoisotopic (exact) mass is 620 g/mol. The van der Waals surface area contributed by atoms with E-state index in [0.29, 0.717) is 0 Å². The zero-order valence-corrected chi connectivity index (χ0v) is 26.9. The summed E-state index contributed by atoms with van der Waals surface area (Å²) in [7, 11) is 2.24. The van der Waals surface area contributed by atoms with Gasteiger partial charge in [0.1, 0.15) is 5.37 Å². The van der Waals surface area contributed by atoms with Crippen LogP contribution in [-0.4, -0.2) is 7.05 Å². The number of thioether (sulfide) groups is 1. The van der Waals surface area contributed by atoms with E-state index in [0.717, 1.165) is 17.1 Å². The minimum Gasteiger partial charge on any atom is -0.357 e. The molecule has 0 aromatic heterocycles. The van der Waals surface area contributed by atoms with Crippen molar-refractivity contribution in [3.05, 3.63) is 175 Å². The van der Waals surface area contributed by atoms with Gasteiger partial charge in [-0.2, -0.15) is 0 Å². The van der Waals surface area contributed by atoms with Crippen molar-refractivity contribution in [3.63, 3.8) is 0 Å². The van der Waals surface area contributed by atoms with Crippen molar-refractivity contribution in [1.82, 2.24) is 0 Å². The molecule has 0 amide bonds. The van der Waals surface area contributed by atoms with Crippen LogP contribution in [0.2, 0.25) is 0 Å². The molecule has 0 saturated heterocycles. The number of hydrogen-bond acceptors (Lipinski definition) is 3. The maximum absolute atomic E-state index is 2.46. The van der Waals surface area contributed by atoms with Crippen LogP contribution in [0.1, 0.15) is 10.9 Å². The first kappa shape index (κ1) is 27.8. The van der Waals surface area contributed by atoms with Crippen LogP contribution in [0.25, 0.3) is 43.4 Å². The van der Waals surface area contributed by atoms with E-state index in [1.807, 2.05) is 11.8 Å². The van der Waals surface area contributed by atoms with Crippen LogP contribution < -0.4 is 9.80 Å². The lowest BCUT2D eigenvalue weighted by atomic mass is 9.96. The zero-order chi connectivity index (χ0) is 31.3. The summed E-state index contributed by atoms with van der Waals surface area (Å²) in [6, 6.07) is 61.8. The summed E-state index contributed by atoms with van der Waals surface area (Å²) in [4.78, 5) is 6.13. The lowest BCUT2D eigenvalue weighted by Crippen LogP contribution is -2.17. The fourth-order valence-electron chi connectivity index (χ4n) is 7.11. The molecule has 0 spiro atoms. The molecule has 3 heteroatoms. The van der Waals surface area contributed by atoms with E-state index in [9.17, 15) is 0 Å². The van der Waals surface area contributed by atoms with E-state index in [1.54, 1.807) is 0 Å². The van der Waals surface area contributed by atoms with Gasteiger partial charge in [0.15, 0.2) is 0 Å². The molecule has 8 aromatic rings. The fourth-order valence-corrected chi connectivity index (χ4v) is 8.41. The SMILES string of the molecule is CN1c2c(ccc3ccc4cc(-c5ccc(N(c6ccccc6)c6ccc7ccccc7c6)cc5)ccc4c23)SC1c1ccccc1. The number of rotatable bonds is 5. The standard InChI is InChI=1S/C44H32N2S/c1-45-43-41(47-44(45)33-11-4-2-5-12-33)27-22-32-16-17-36-28-35(21-26-40(36)42(32)43)31-18-23-38(24-19-31)46(37-14-6-3-7-15-37)39-25-20-30-10-8-9-13-34(30)29-39/h2-29,44H,1H3. The van der Waals surface area contributed by atoms with Gasteiger partial charge in [-0.05, 0) is 92.2 Å². The highest BCUT2D eigenvalue weighted by Gasteiger charge is 2.30. The Morgan fingerprint density at radius 1 is 0.489 bits per heavy atom. The first-order valence-corrected chi connectivity index (χ1v) is 17.0. The molecule has 0 bridgehead atoms. The van der Waals surface area contributed by atoms with Gasteiger partial charge in [0.05, 0.1) is 5.69 Å². The minimum atomic E-state index is 0.273. The largest absolute Gasteiger partial charge is 0.357 e. The first-order chi connectivity index (χ1) is 23.2. The molecule has 1 unspecified atom stereocenters. The van der Waals surface area contributed by atoms with Crippen LogP contribution in [0.3, 0.4) is 0 Å². The number of nitrogens with zero attached hydrogens (tertiary/aromatic N) is 2. The van der Waals surface area contributed by atoms with E-state index >= 15 is 0 Å². The highest BCUT2D eigenvalue weighted by molar-refractivity contribution is 8.00. The molecule has 1 aliphatic rings. The summed E-state index contributed by atoms with van der Waals surface area (Å²) in [5.41, 5.74) is 8.51. The van der Waals surface area contributed by atoms with E-state index in [-0.39, 0.29) is 5.37 Å². The Hall–Kier alpha value is -5.51. The molecule has 9 rings (SSSR count). The smallest absolute Gasteiger partial charge is 0.105 e. The lowest BCUT2D eigenvalue weighted by molar-refractivity contribution is 0.918. The third kappa shape index (κ3) is 4.83. The number of para-hydroxylation sites is 1. The summed E-state index contributed by atoms with van der Waals surface area (Å²) in [6.07, 6.45) is 0. The van der Waals surface area contributed by atoms with Crippen LogP contribution in [0.4, 0.5) is 22.7 Å². The normalized spacial score (nSPS) is 14.1. The van der Waals surface area contributed by atoms with Gasteiger partial charge >= 0.3 is 0 Å². The van der Waals surface area contributed by atoms with Crippen LogP contribution in [0, 0.1) is 0 Å². The predicted molar refractivity (Wildman–Crippen MR) is 203 cm³/mol. The van der Waals surface area contributed by atoms with E-state index < -0.39 is 0 Å². The highest BCUT2D eigenvalue weighted by Crippen LogP contribution is 2.54. The molecule has 0 aliphatic carbocycles. The number of fused-ring (bicyclic) bond motifs is 6. The minimum absolute atomic E-state index is 0.273. The molecule has 0 radical (unpaired) electrons. The molecule has 224 valence electrons. The van der Waals surface area contributed by atoms with Crippen molar-refractivity contribution in [2.45, 2.75) is 10.3 Å². The van der Waals surface area contributed by atoms with Crippen molar-refractivity contribution >= 4 is 66.8 Å². The van der Waals surface area contributed by atoms with E-state index in [4.69, 9.17) is 0 Å². The zero-order valence-electron chi connectivity index (χ0n) is 26.0. The Bertz CT molecular complexity index is 2400. The van der Waals surface area contributed by atoms with Crippen LogP contribution in [-0.2, 0) is 0 Å². The van der Waals surface area contributed by atoms with Gasteiger partial charge in [-0.25, -0.2) is 0 Å². The van der Waals surface area contributed by atoms with Crippen LogP contribution >= 0.6 is 11.8 Å². The fraction of sp³-hybridized carbons (Fsp3) is 0.0455. The summed E-state index contributed by atoms with van der Waals surface area (Å²) in [5, 5.41) is 7.93. The first-order valence-electron chi connectivity index (χ1n) is 16.1. The van der Waals surface area contributed by atoms with Crippen molar-refractivity contribution in [2.75, 3.05) is 16.8 Å². The summed E-state index contributed by atoms with van der Waals surface area (Å²) in [6.45, 7) is 0. The molecule has 1 heterocycles. The molecule has 1 aliphatic heterocycles. The molecule has 47 heavy (non-hydrogen) atoms. The predicted octanol–water partition coefficient (Wildman–Crippen LogP) is 12.5. The maximum Gasteiger partial charge on any atom is 0.105 e. The summed E-state index contributed by atoms with van der Waals surface area (Å²) < 4.78 is 0. The number of benzene rings is 8. The lowest BCUT2D eigenvalue weighted by Gasteiger charge is -2.26. The second-order valence-electron chi connectivity index (χ2n) is 12.3. The van der Waals surface area contributed by atoms with Gasteiger partial charge in [0, 0.05) is 34.4 Å². The van der Waals surface area contributed by atoms with Gasteiger partial charge in [0.2, 0.25) is 0 Å². The Kier molecular flexibility index (Phi) is 6.72. The van der Waals surface area contributed by atoms with Gasteiger partial charge in [0.25, 0.3) is 0 Å². The van der Waals surface area contributed by atoms with Crippen molar-refractivity contribution < 1.29 is 0 Å². The molecule has 0 saturated carbocycles. The average Bonchev–Trinajstić information content (AvgIpc) is 3.48. The quantitative estimate of drug-likeness (QED) is 0.177. The van der Waals surface area contributed by atoms with Gasteiger partial charge in [-0.3, -0.25) is 0 Å². The third-order valence-electron chi connectivity index (χ3n) is 9.43. The maximum atomic E-state index is 2.46. The van der Waals surface area contributed by atoms with Gasteiger partial charge < -0.3 is 9.80 Å². The Balaban J connectivity index is 1.09. The molecule has 8 aromatic carbocycles. The number of anilines is 4. The Morgan fingerprint density at radius 3 is 1.91 bits per heavy atom. The van der Waals surface area contributed by atoms with Crippen molar-refractivity contribution in [2.24, 2.45) is 0 Å². The molecular weight excluding hydrogens is 589 g/mol. The molecule has 0 N–H and O–H groups in total. The Labute approximate surface area is 279 Å². The van der Waals surface area contributed by atoms with Gasteiger partial charge in [-0.1, -0.05) is 133 Å². The molecule has 1 atom stereocenters. The molecule has 2 nitrogen and oxygen atoms in total. The summed E-state index contributed by atoms with van der Waals surface area (Å²) >= 11 is 1.94. The summed E-state index contributed by atoms with van der Waals surface area (Å²) in [5.74, 6) is 0.